The Morgan fingerprint density at radius 1 is 0.320 bits per heavy atom. The van der Waals surface area contributed by atoms with Crippen molar-refractivity contribution in [1.82, 2.24) is 0 Å². The molecule has 6 rings (SSSR count). The van der Waals surface area contributed by atoms with E-state index in [2.05, 4.69) is 66.3 Å². The van der Waals surface area contributed by atoms with Crippen LogP contribution in [-0.4, -0.2) is 6.15 Å². The van der Waals surface area contributed by atoms with Gasteiger partial charge < -0.3 is 0 Å². The van der Waals surface area contributed by atoms with Crippen LogP contribution in [0.3, 0.4) is 0 Å². The molecular weight excluding hydrogens is 1070 g/mol. The van der Waals surface area contributed by atoms with Gasteiger partial charge in [-0.1, -0.05) is 98.6 Å². The summed E-state index contributed by atoms with van der Waals surface area (Å²) in [6.45, 7) is 3.20. The molecule has 0 aliphatic carbocycles. The maximum Gasteiger partial charge on any atom is 0.416 e. The third-order valence-electron chi connectivity index (χ3n) is 11.7. The van der Waals surface area contributed by atoms with Crippen LogP contribution in [-0.2, 0) is 62.4 Å². The fraction of sp³-hybridized carbons (Fsp3) is 0.286. The van der Waals surface area contributed by atoms with Crippen molar-refractivity contribution in [2.75, 3.05) is 0 Å². The number of aromatic nitrogens is 1. The Kier molecular flexibility index (Phi) is 16.9. The number of hydrogen-bond donors (Lipinski definition) is 0. The maximum atomic E-state index is 14.2. The lowest BCUT2D eigenvalue weighted by atomic mass is 9.12. The van der Waals surface area contributed by atoms with Crippen LogP contribution in [0.5, 0.6) is 0 Å². The van der Waals surface area contributed by atoms with E-state index in [4.69, 9.17) is 0 Å². The Hall–Kier alpha value is -6.37. The van der Waals surface area contributed by atoms with E-state index in [0.29, 0.717) is 0 Å². The zero-order valence-corrected chi connectivity index (χ0v) is 37.8. The molecule has 1 nitrogen and oxygen atoms in total. The highest BCUT2D eigenvalue weighted by Crippen LogP contribution is 2.41. The highest BCUT2D eigenvalue weighted by Gasteiger charge is 2.47. The average molecular weight is 1100 g/mol. The fourth-order valence-electron chi connectivity index (χ4n) is 8.20. The van der Waals surface area contributed by atoms with Gasteiger partial charge in [-0.15, -0.1) is 0 Å². The molecular formula is C49H34BF24N. The minimum absolute atomic E-state index is 0.691. The van der Waals surface area contributed by atoms with E-state index >= 15 is 0 Å². The van der Waals surface area contributed by atoms with Crippen LogP contribution in [0.15, 0.2) is 128 Å². The van der Waals surface area contributed by atoms with Crippen LogP contribution in [0.25, 0.3) is 0 Å². The molecule has 5 aromatic carbocycles. The zero-order chi connectivity index (χ0) is 56.5. The lowest BCUT2D eigenvalue weighted by Gasteiger charge is -2.46. The van der Waals surface area contributed by atoms with Crippen molar-refractivity contribution in [1.29, 1.82) is 0 Å². The summed E-state index contributed by atoms with van der Waals surface area (Å²) in [5, 5.41) is 0. The SMILES string of the molecule is CCCCCc1cc[n+](Cc2ccccc2)cc1.FC(F)(F)c1cc([B-](c2cc(C(F)(F)F)cc(C(F)(F)F)c2)(c2cc(C(F)(F)F)cc(C(F)(F)F)c2)c2cc(C(F)(F)F)cc(C(F)(F)F)c2)cc(C(F)(F)F)c1. The summed E-state index contributed by atoms with van der Waals surface area (Å²) in [6, 6.07) is 6.27. The van der Waals surface area contributed by atoms with Gasteiger partial charge in [0.05, 0.1) is 44.5 Å². The van der Waals surface area contributed by atoms with Crippen LogP contribution in [0.4, 0.5) is 105 Å². The third-order valence-corrected chi connectivity index (χ3v) is 11.7. The quantitative estimate of drug-likeness (QED) is 0.0557. The van der Waals surface area contributed by atoms with Crippen LogP contribution in [0.2, 0.25) is 0 Å². The molecule has 1 heterocycles. The number of halogens is 24. The van der Waals surface area contributed by atoms with Gasteiger partial charge in [-0.25, -0.2) is 4.57 Å². The van der Waals surface area contributed by atoms with E-state index in [1.165, 1.54) is 36.8 Å². The van der Waals surface area contributed by atoms with Crippen LogP contribution < -0.4 is 26.4 Å². The third kappa shape index (κ3) is 14.7. The normalized spacial score (nSPS) is 13.4. The number of nitrogens with zero attached hydrogens (tertiary/aromatic N) is 1. The second-order valence-corrected chi connectivity index (χ2v) is 17.0. The van der Waals surface area contributed by atoms with Crippen molar-refractivity contribution < 1.29 is 110 Å². The lowest BCUT2D eigenvalue weighted by molar-refractivity contribution is -0.688. The summed E-state index contributed by atoms with van der Waals surface area (Å²) in [4.78, 5) is 0. The van der Waals surface area contributed by atoms with Crippen LogP contribution >= 0.6 is 0 Å². The van der Waals surface area contributed by atoms with E-state index in [0.717, 1.165) is 6.54 Å². The van der Waals surface area contributed by atoms with Gasteiger partial charge in [-0.3, -0.25) is 0 Å². The largest absolute Gasteiger partial charge is 0.416 e. The lowest BCUT2D eigenvalue weighted by Crippen LogP contribution is -2.75. The maximum absolute atomic E-state index is 14.2. The predicted molar refractivity (Wildman–Crippen MR) is 225 cm³/mol. The Labute approximate surface area is 409 Å². The Morgan fingerprint density at radius 2 is 0.573 bits per heavy atom. The van der Waals surface area contributed by atoms with Gasteiger partial charge in [-0.05, 0) is 42.7 Å². The van der Waals surface area contributed by atoms with Gasteiger partial charge >= 0.3 is 49.4 Å². The molecule has 0 unspecified atom stereocenters. The molecule has 1 aromatic heterocycles. The van der Waals surface area contributed by atoms with Crippen LogP contribution in [0, 0.1) is 0 Å². The molecule has 0 N–H and O–H groups in total. The van der Waals surface area contributed by atoms with Gasteiger partial charge in [0.25, 0.3) is 0 Å². The van der Waals surface area contributed by atoms with Crippen LogP contribution in [0.1, 0.15) is 81.8 Å². The van der Waals surface area contributed by atoms with Crippen molar-refractivity contribution in [2.24, 2.45) is 0 Å². The van der Waals surface area contributed by atoms with Gasteiger partial charge in [0.2, 0.25) is 0 Å². The Bertz CT molecular complexity index is 2460. The molecule has 26 heteroatoms. The molecule has 0 spiro atoms. The molecule has 0 fully saturated rings. The van der Waals surface area contributed by atoms with Crippen molar-refractivity contribution >= 4 is 28.0 Å². The van der Waals surface area contributed by atoms with Gasteiger partial charge in [0, 0.05) is 17.7 Å². The first kappa shape index (κ1) is 59.5. The fourth-order valence-corrected chi connectivity index (χ4v) is 8.20. The first-order chi connectivity index (χ1) is 34.1. The zero-order valence-electron chi connectivity index (χ0n) is 37.8. The number of benzene rings is 5. The number of pyridine rings is 1. The van der Waals surface area contributed by atoms with E-state index in [9.17, 15) is 105 Å². The number of rotatable bonds is 10. The molecule has 0 aliphatic rings. The Morgan fingerprint density at radius 3 is 0.800 bits per heavy atom. The smallest absolute Gasteiger partial charge is 0.201 e. The van der Waals surface area contributed by atoms with Gasteiger partial charge in [0.1, 0.15) is 6.15 Å². The number of aryl methyl sites for hydroxylation is 1. The molecule has 75 heavy (non-hydrogen) atoms. The summed E-state index contributed by atoms with van der Waals surface area (Å²) in [5.74, 6) is 0. The molecule has 0 radical (unpaired) electrons. The molecule has 0 bridgehead atoms. The molecule has 6 aromatic rings. The van der Waals surface area contributed by atoms with E-state index in [-0.39, 0.29) is 0 Å². The van der Waals surface area contributed by atoms with Crippen molar-refractivity contribution in [3.8, 4) is 0 Å². The highest BCUT2D eigenvalue weighted by molar-refractivity contribution is 7.20. The van der Waals surface area contributed by atoms with E-state index < -0.39 is 195 Å². The van der Waals surface area contributed by atoms with Gasteiger partial charge in [0.15, 0.2) is 18.9 Å². The number of hydrogen-bond acceptors (Lipinski definition) is 0. The van der Waals surface area contributed by atoms with E-state index in [1.54, 1.807) is 0 Å². The van der Waals surface area contributed by atoms with E-state index in [1.807, 2.05) is 0 Å². The van der Waals surface area contributed by atoms with Crippen molar-refractivity contribution in [3.05, 3.63) is 183 Å². The summed E-state index contributed by atoms with van der Waals surface area (Å²) in [5.41, 5.74) is -27.4. The molecule has 406 valence electrons. The first-order valence-electron chi connectivity index (χ1n) is 21.5. The predicted octanol–water partition coefficient (Wildman–Crippen LogP) is 15.0. The summed E-state index contributed by atoms with van der Waals surface area (Å²) < 4.78 is 343. The average Bonchev–Trinajstić information content (AvgIpc) is 3.28. The minimum atomic E-state index is -6.13. The monoisotopic (exact) mass is 1100 g/mol. The summed E-state index contributed by atoms with van der Waals surface area (Å²) in [6.07, 6.45) is -45.3. The molecule has 0 saturated carbocycles. The second kappa shape index (κ2) is 21.3. The highest BCUT2D eigenvalue weighted by atomic mass is 19.4. The molecule has 0 saturated heterocycles. The summed E-state index contributed by atoms with van der Waals surface area (Å²) >= 11 is 0. The minimum Gasteiger partial charge on any atom is -0.201 e. The first-order valence-corrected chi connectivity index (χ1v) is 21.5. The number of unbranched alkanes of at least 4 members (excludes halogenated alkanes) is 2. The molecule has 0 aliphatic heterocycles. The molecule has 0 amide bonds. The molecule has 0 atom stereocenters. The van der Waals surface area contributed by atoms with Gasteiger partial charge in [-0.2, -0.15) is 127 Å². The second-order valence-electron chi connectivity index (χ2n) is 17.0. The number of alkyl halides is 24. The summed E-state index contributed by atoms with van der Waals surface area (Å²) in [7, 11) is 0. The standard InChI is InChI=1S/C32H12BF24.C17H22N/c34-25(35,36)13-1-14(26(37,38)39)6-21(5-13)33(22-7-15(27(40,41)42)2-16(8-22)28(43,44)45,23-9-17(29(46,47)48)3-18(10-23)30(49,50)51)24-11-19(31(52,53)54)4-20(12-24)32(55,56)57;1-2-3-5-8-16-11-13-18(14-12-16)15-17-9-6-4-7-10-17/h1-12H;4,6-7,9-14H,2-3,5,8,15H2,1H3/q-1;+1. The topological polar surface area (TPSA) is 3.88 Å². The van der Waals surface area contributed by atoms with Crippen molar-refractivity contribution in [3.63, 3.8) is 0 Å². The van der Waals surface area contributed by atoms with Crippen molar-refractivity contribution in [2.45, 2.75) is 88.6 Å². The Balaban J connectivity index is 0.000000483.